The molecule has 0 saturated carbocycles. The molecular weight excluding hydrogens is 152 g/mol. The first kappa shape index (κ1) is 5.94. The number of carbonyl (C=O) groups is 1. The Hall–Kier alpha value is -1.64. The van der Waals surface area contributed by atoms with Crippen molar-refractivity contribution in [3.8, 4) is 0 Å². The van der Waals surface area contributed by atoms with Crippen molar-refractivity contribution < 1.29 is 4.79 Å². The van der Waals surface area contributed by atoms with Gasteiger partial charge in [0.2, 0.25) is 0 Å². The van der Waals surface area contributed by atoms with Gasteiger partial charge in [-0.2, -0.15) is 0 Å². The number of fused-ring (bicyclic) bond motifs is 2. The van der Waals surface area contributed by atoms with E-state index in [-0.39, 0.29) is 11.6 Å². The first-order valence-electron chi connectivity index (χ1n) is 3.81. The van der Waals surface area contributed by atoms with Crippen LogP contribution < -0.4 is 5.32 Å². The average Bonchev–Trinajstić information content (AvgIpc) is 2.74. The number of carbonyl (C=O) groups excluding carboxylic acids is 1. The molecule has 0 aromatic heterocycles. The minimum atomic E-state index is -0.283. The van der Waals surface area contributed by atoms with E-state index in [9.17, 15) is 4.79 Å². The van der Waals surface area contributed by atoms with Crippen LogP contribution in [0.4, 0.5) is 0 Å². The normalized spacial score (nSPS) is 29.7. The quantitative estimate of drug-likeness (QED) is 0.530. The Bertz CT molecular complexity index is 412. The van der Waals surface area contributed by atoms with Crippen molar-refractivity contribution in [3.63, 3.8) is 0 Å². The molecule has 0 aromatic carbocycles. The summed E-state index contributed by atoms with van der Waals surface area (Å²) in [6.45, 7) is 0. The molecular formula is C9H6N2O. The zero-order chi connectivity index (χ0) is 8.29. The van der Waals surface area contributed by atoms with Crippen molar-refractivity contribution in [2.45, 2.75) is 0 Å². The molecule has 0 spiro atoms. The summed E-state index contributed by atoms with van der Waals surface area (Å²) in [5.74, 6) is 0.143. The fourth-order valence-electron chi connectivity index (χ4n) is 1.58. The van der Waals surface area contributed by atoms with Gasteiger partial charge >= 0.3 is 0 Å². The maximum Gasteiger partial charge on any atom is 0.274 e. The molecule has 1 amide bonds. The standard InChI is InChI=1S/C9H6N2O/c10-8-6-2-4-1-5(4)3-7(6)11-9(8)12/h1-3,5,10H,(H,11,12)/t5-/m0/s1. The van der Waals surface area contributed by atoms with Gasteiger partial charge in [-0.1, -0.05) is 6.08 Å². The van der Waals surface area contributed by atoms with Crippen LogP contribution in [0.25, 0.3) is 0 Å². The summed E-state index contributed by atoms with van der Waals surface area (Å²) in [6, 6.07) is 0. The van der Waals surface area contributed by atoms with Gasteiger partial charge in [-0.05, 0) is 17.7 Å². The fraction of sp³-hybridized carbons (Fsp3) is 0.111. The van der Waals surface area contributed by atoms with E-state index in [1.807, 2.05) is 12.2 Å². The lowest BCUT2D eigenvalue weighted by Crippen LogP contribution is -2.17. The molecule has 12 heavy (non-hydrogen) atoms. The summed E-state index contributed by atoms with van der Waals surface area (Å²) in [7, 11) is 0. The van der Waals surface area contributed by atoms with Crippen LogP contribution in [0.3, 0.4) is 0 Å². The van der Waals surface area contributed by atoms with Crippen LogP contribution in [0.1, 0.15) is 0 Å². The molecule has 1 saturated heterocycles. The van der Waals surface area contributed by atoms with Crippen LogP contribution in [0, 0.1) is 11.3 Å². The van der Waals surface area contributed by atoms with Crippen molar-refractivity contribution in [2.24, 2.45) is 5.92 Å². The summed E-state index contributed by atoms with van der Waals surface area (Å²) in [5.41, 5.74) is 2.88. The van der Waals surface area contributed by atoms with E-state index < -0.39 is 0 Å². The molecule has 1 fully saturated rings. The minimum absolute atomic E-state index is 0.0903. The largest absolute Gasteiger partial charge is 0.320 e. The molecule has 0 unspecified atom stereocenters. The highest BCUT2D eigenvalue weighted by atomic mass is 16.2. The van der Waals surface area contributed by atoms with Crippen molar-refractivity contribution in [2.75, 3.05) is 0 Å². The van der Waals surface area contributed by atoms with Gasteiger partial charge in [-0.15, -0.1) is 0 Å². The maximum absolute atomic E-state index is 11.0. The van der Waals surface area contributed by atoms with Gasteiger partial charge in [-0.25, -0.2) is 0 Å². The summed E-state index contributed by atoms with van der Waals surface area (Å²) in [4.78, 5) is 11.0. The van der Waals surface area contributed by atoms with Crippen molar-refractivity contribution in [1.29, 1.82) is 5.41 Å². The number of allylic oxidation sites excluding steroid dienone is 5. The van der Waals surface area contributed by atoms with Crippen LogP contribution >= 0.6 is 0 Å². The van der Waals surface area contributed by atoms with Gasteiger partial charge in [0.25, 0.3) is 5.91 Å². The topological polar surface area (TPSA) is 53.0 Å². The minimum Gasteiger partial charge on any atom is -0.320 e. The number of amides is 1. The second-order valence-corrected chi connectivity index (χ2v) is 3.16. The Morgan fingerprint density at radius 1 is 1.42 bits per heavy atom. The first-order chi connectivity index (χ1) is 5.75. The lowest BCUT2D eigenvalue weighted by molar-refractivity contribution is -0.113. The molecule has 3 heteroatoms. The van der Waals surface area contributed by atoms with E-state index in [0.717, 1.165) is 11.3 Å². The Balaban J connectivity index is 2.17. The molecule has 3 aliphatic rings. The molecule has 2 N–H and O–H groups in total. The SMILES string of the molecule is N=C1C(=O)NC2=C[C@@H]3C=C3C=C12. The van der Waals surface area contributed by atoms with Crippen LogP contribution in [0.15, 0.2) is 35.1 Å². The van der Waals surface area contributed by atoms with Crippen molar-refractivity contribution in [1.82, 2.24) is 5.32 Å². The third-order valence-electron chi connectivity index (χ3n) is 2.34. The average molecular weight is 158 g/mol. The van der Waals surface area contributed by atoms with Crippen LogP contribution in [0.2, 0.25) is 0 Å². The first-order valence-corrected chi connectivity index (χ1v) is 3.81. The molecule has 3 rings (SSSR count). The third kappa shape index (κ3) is 0.563. The van der Waals surface area contributed by atoms with Crippen LogP contribution in [-0.2, 0) is 4.79 Å². The number of hydrogen-bond acceptors (Lipinski definition) is 2. The Labute approximate surface area is 69.0 Å². The molecule has 3 nitrogen and oxygen atoms in total. The highest BCUT2D eigenvalue weighted by Crippen LogP contribution is 2.39. The highest BCUT2D eigenvalue weighted by molar-refractivity contribution is 6.48. The summed E-state index contributed by atoms with van der Waals surface area (Å²) in [6.07, 6.45) is 6.02. The fourth-order valence-corrected chi connectivity index (χ4v) is 1.58. The Morgan fingerprint density at radius 2 is 2.25 bits per heavy atom. The van der Waals surface area contributed by atoms with E-state index in [2.05, 4.69) is 11.4 Å². The summed E-state index contributed by atoms with van der Waals surface area (Å²) < 4.78 is 0. The number of nitrogens with one attached hydrogen (secondary N) is 2. The van der Waals surface area contributed by atoms with Gasteiger partial charge in [0, 0.05) is 17.2 Å². The van der Waals surface area contributed by atoms with E-state index in [1.54, 1.807) is 0 Å². The molecule has 0 radical (unpaired) electrons. The smallest absolute Gasteiger partial charge is 0.274 e. The molecule has 1 aliphatic heterocycles. The number of rotatable bonds is 0. The zero-order valence-corrected chi connectivity index (χ0v) is 6.22. The van der Waals surface area contributed by atoms with Crippen LogP contribution in [-0.4, -0.2) is 11.6 Å². The predicted octanol–water partition coefficient (Wildman–Crippen LogP) is 0.516. The van der Waals surface area contributed by atoms with Crippen molar-refractivity contribution >= 4 is 11.6 Å². The zero-order valence-electron chi connectivity index (χ0n) is 6.22. The lowest BCUT2D eigenvalue weighted by atomic mass is 10.0. The van der Waals surface area contributed by atoms with Gasteiger partial charge in [0.15, 0.2) is 0 Å². The monoisotopic (exact) mass is 158 g/mol. The third-order valence-corrected chi connectivity index (χ3v) is 2.34. The lowest BCUT2D eigenvalue weighted by Gasteiger charge is -2.03. The molecule has 0 bridgehead atoms. The Morgan fingerprint density at radius 3 is 3.08 bits per heavy atom. The molecule has 2 aliphatic carbocycles. The Kier molecular flexibility index (Phi) is 0.781. The summed E-state index contributed by atoms with van der Waals surface area (Å²) in [5, 5.41) is 10.1. The predicted molar refractivity (Wildman–Crippen MR) is 43.6 cm³/mol. The van der Waals surface area contributed by atoms with Gasteiger partial charge in [-0.3, -0.25) is 10.2 Å². The van der Waals surface area contributed by atoms with E-state index >= 15 is 0 Å². The van der Waals surface area contributed by atoms with Gasteiger partial charge < -0.3 is 5.32 Å². The molecule has 58 valence electrons. The number of hydrogen-bond donors (Lipinski definition) is 2. The molecule has 1 atom stereocenters. The van der Waals surface area contributed by atoms with Crippen molar-refractivity contribution in [3.05, 3.63) is 35.1 Å². The second-order valence-electron chi connectivity index (χ2n) is 3.16. The van der Waals surface area contributed by atoms with E-state index in [1.165, 1.54) is 5.57 Å². The molecule has 0 aromatic rings. The second kappa shape index (κ2) is 1.58. The van der Waals surface area contributed by atoms with Gasteiger partial charge in [0.1, 0.15) is 5.71 Å². The van der Waals surface area contributed by atoms with E-state index in [0.29, 0.717) is 5.92 Å². The summed E-state index contributed by atoms with van der Waals surface area (Å²) >= 11 is 0. The highest BCUT2D eigenvalue weighted by Gasteiger charge is 2.35. The van der Waals surface area contributed by atoms with E-state index in [4.69, 9.17) is 5.41 Å². The van der Waals surface area contributed by atoms with Gasteiger partial charge in [0.05, 0.1) is 0 Å². The maximum atomic E-state index is 11.0. The van der Waals surface area contributed by atoms with Crippen LogP contribution in [0.5, 0.6) is 0 Å². The molecule has 1 heterocycles.